The monoisotopic (exact) mass is 402 g/mol. The van der Waals surface area contributed by atoms with Crippen molar-refractivity contribution in [1.29, 1.82) is 0 Å². The van der Waals surface area contributed by atoms with Gasteiger partial charge in [-0.25, -0.2) is 4.68 Å². The number of aryl methyl sites for hydroxylation is 1. The molecule has 1 heterocycles. The topological polar surface area (TPSA) is 59.8 Å². The number of carbonyl (C=O) groups is 1. The molecule has 0 fully saturated rings. The lowest BCUT2D eigenvalue weighted by Crippen LogP contribution is -2.12. The number of rotatable bonds is 5. The van der Waals surface area contributed by atoms with Crippen molar-refractivity contribution in [3.8, 4) is 0 Å². The number of para-hydroxylation sites is 1. The van der Waals surface area contributed by atoms with Gasteiger partial charge in [0.1, 0.15) is 0 Å². The van der Waals surface area contributed by atoms with Crippen LogP contribution >= 0.6 is 27.7 Å². The maximum Gasteiger partial charge on any atom is 0.255 e. The molecule has 122 valence electrons. The van der Waals surface area contributed by atoms with E-state index >= 15 is 0 Å². The fraction of sp³-hybridized carbons (Fsp3) is 0.118. The van der Waals surface area contributed by atoms with E-state index in [0.717, 1.165) is 22.3 Å². The zero-order valence-corrected chi connectivity index (χ0v) is 15.3. The van der Waals surface area contributed by atoms with Crippen LogP contribution in [0.5, 0.6) is 0 Å². The van der Waals surface area contributed by atoms with Crippen molar-refractivity contribution in [3.05, 3.63) is 64.9 Å². The Morgan fingerprint density at radius 2 is 1.88 bits per heavy atom. The van der Waals surface area contributed by atoms with Crippen molar-refractivity contribution in [2.75, 3.05) is 5.32 Å². The first-order valence-corrected chi connectivity index (χ1v) is 9.02. The molecule has 0 radical (unpaired) electrons. The molecule has 5 nitrogen and oxygen atoms in total. The minimum atomic E-state index is -0.137. The van der Waals surface area contributed by atoms with Crippen LogP contribution < -0.4 is 5.32 Å². The Labute approximate surface area is 152 Å². The van der Waals surface area contributed by atoms with Crippen molar-refractivity contribution < 1.29 is 4.79 Å². The van der Waals surface area contributed by atoms with E-state index in [-0.39, 0.29) is 5.91 Å². The average Bonchev–Trinajstić information content (AvgIpc) is 2.97. The highest BCUT2D eigenvalue weighted by atomic mass is 79.9. The number of aromatic nitrogens is 3. The van der Waals surface area contributed by atoms with Gasteiger partial charge in [-0.15, -0.1) is 5.10 Å². The molecule has 0 aliphatic heterocycles. The lowest BCUT2D eigenvalue weighted by molar-refractivity contribution is 0.102. The minimum Gasteiger partial charge on any atom is -0.321 e. The second kappa shape index (κ2) is 7.63. The summed E-state index contributed by atoms with van der Waals surface area (Å²) in [5.74, 6) is -0.137. The van der Waals surface area contributed by atoms with E-state index in [1.165, 1.54) is 11.8 Å². The highest BCUT2D eigenvalue weighted by Gasteiger charge is 2.13. The summed E-state index contributed by atoms with van der Waals surface area (Å²) in [5, 5.41) is 8.01. The first-order chi connectivity index (χ1) is 11.7. The lowest BCUT2D eigenvalue weighted by Gasteiger charge is -2.10. The van der Waals surface area contributed by atoms with E-state index in [0.29, 0.717) is 10.3 Å². The molecule has 3 rings (SSSR count). The third kappa shape index (κ3) is 3.85. The van der Waals surface area contributed by atoms with Gasteiger partial charge in [-0.3, -0.25) is 4.79 Å². The first-order valence-electron chi connectivity index (χ1n) is 7.41. The number of carbonyl (C=O) groups excluding carboxylic acids is 1. The van der Waals surface area contributed by atoms with E-state index in [9.17, 15) is 4.79 Å². The van der Waals surface area contributed by atoms with Crippen molar-refractivity contribution in [2.45, 2.75) is 23.5 Å². The van der Waals surface area contributed by atoms with Crippen molar-refractivity contribution >= 4 is 39.3 Å². The van der Waals surface area contributed by atoms with Gasteiger partial charge in [0.25, 0.3) is 5.91 Å². The maximum absolute atomic E-state index is 12.4. The van der Waals surface area contributed by atoms with E-state index in [2.05, 4.69) is 31.3 Å². The maximum atomic E-state index is 12.4. The van der Waals surface area contributed by atoms with Crippen LogP contribution in [0.1, 0.15) is 17.3 Å². The SMILES string of the molecule is CCn1nc(Br)nc1Sc1ccccc1NC(=O)c1ccccc1. The molecule has 24 heavy (non-hydrogen) atoms. The zero-order valence-electron chi connectivity index (χ0n) is 12.9. The highest BCUT2D eigenvalue weighted by Crippen LogP contribution is 2.33. The quantitative estimate of drug-likeness (QED) is 0.683. The molecule has 1 amide bonds. The fourth-order valence-electron chi connectivity index (χ4n) is 2.12. The van der Waals surface area contributed by atoms with Crippen molar-refractivity contribution in [1.82, 2.24) is 14.8 Å². The van der Waals surface area contributed by atoms with Gasteiger partial charge in [0.2, 0.25) is 4.73 Å². The van der Waals surface area contributed by atoms with Gasteiger partial charge in [-0.05, 0) is 58.9 Å². The molecule has 2 aromatic carbocycles. The van der Waals surface area contributed by atoms with Crippen LogP contribution in [-0.2, 0) is 6.54 Å². The molecule has 3 aromatic rings. The third-order valence-electron chi connectivity index (χ3n) is 3.28. The van der Waals surface area contributed by atoms with Crippen LogP contribution in [0, 0.1) is 0 Å². The predicted octanol–water partition coefficient (Wildman–Crippen LogP) is 4.46. The average molecular weight is 403 g/mol. The van der Waals surface area contributed by atoms with Gasteiger partial charge in [0.05, 0.1) is 5.69 Å². The number of nitrogens with one attached hydrogen (secondary N) is 1. The van der Waals surface area contributed by atoms with Crippen LogP contribution in [0.4, 0.5) is 5.69 Å². The van der Waals surface area contributed by atoms with E-state index in [4.69, 9.17) is 0 Å². The molecule has 1 N–H and O–H groups in total. The molecule has 1 aromatic heterocycles. The lowest BCUT2D eigenvalue weighted by atomic mass is 10.2. The summed E-state index contributed by atoms with van der Waals surface area (Å²) in [6, 6.07) is 16.8. The van der Waals surface area contributed by atoms with Crippen LogP contribution in [0.3, 0.4) is 0 Å². The van der Waals surface area contributed by atoms with Crippen LogP contribution in [-0.4, -0.2) is 20.7 Å². The predicted molar refractivity (Wildman–Crippen MR) is 98.4 cm³/mol. The molecular weight excluding hydrogens is 388 g/mol. The molecule has 0 atom stereocenters. The number of hydrogen-bond acceptors (Lipinski definition) is 4. The second-order valence-electron chi connectivity index (χ2n) is 4.90. The molecule has 0 aliphatic rings. The smallest absolute Gasteiger partial charge is 0.255 e. The Hall–Kier alpha value is -2.12. The Balaban J connectivity index is 1.84. The van der Waals surface area contributed by atoms with E-state index in [1.807, 2.05) is 54.1 Å². The molecule has 0 spiro atoms. The summed E-state index contributed by atoms with van der Waals surface area (Å²) in [5.41, 5.74) is 1.37. The fourth-order valence-corrected chi connectivity index (χ4v) is 3.58. The number of halogens is 1. The summed E-state index contributed by atoms with van der Waals surface area (Å²) in [4.78, 5) is 17.7. The normalized spacial score (nSPS) is 10.6. The molecule has 0 bridgehead atoms. The summed E-state index contributed by atoms with van der Waals surface area (Å²) in [6.45, 7) is 2.73. The van der Waals surface area contributed by atoms with E-state index in [1.54, 1.807) is 12.1 Å². The molecule has 7 heteroatoms. The molecule has 0 saturated heterocycles. The van der Waals surface area contributed by atoms with Crippen molar-refractivity contribution in [3.63, 3.8) is 0 Å². The van der Waals surface area contributed by atoms with Gasteiger partial charge in [0.15, 0.2) is 5.16 Å². The number of hydrogen-bond donors (Lipinski definition) is 1. The zero-order chi connectivity index (χ0) is 16.9. The molecule has 0 saturated carbocycles. The number of amides is 1. The Kier molecular flexibility index (Phi) is 5.32. The Bertz CT molecular complexity index is 851. The summed E-state index contributed by atoms with van der Waals surface area (Å²) < 4.78 is 2.36. The van der Waals surface area contributed by atoms with Crippen LogP contribution in [0.2, 0.25) is 0 Å². The second-order valence-corrected chi connectivity index (χ2v) is 6.62. The van der Waals surface area contributed by atoms with Crippen molar-refractivity contribution in [2.24, 2.45) is 0 Å². The number of anilines is 1. The summed E-state index contributed by atoms with van der Waals surface area (Å²) >= 11 is 4.77. The van der Waals surface area contributed by atoms with Crippen LogP contribution in [0.25, 0.3) is 0 Å². The largest absolute Gasteiger partial charge is 0.321 e. The molecular formula is C17H15BrN4OS. The highest BCUT2D eigenvalue weighted by molar-refractivity contribution is 9.10. The van der Waals surface area contributed by atoms with E-state index < -0.39 is 0 Å². The first kappa shape index (κ1) is 16.7. The van der Waals surface area contributed by atoms with Gasteiger partial charge < -0.3 is 5.32 Å². The standard InChI is InChI=1S/C17H15BrN4OS/c1-2-22-17(20-16(18)21-22)24-14-11-7-6-10-13(14)19-15(23)12-8-4-3-5-9-12/h3-11H,2H2,1H3,(H,19,23). The number of nitrogens with zero attached hydrogens (tertiary/aromatic N) is 3. The summed E-state index contributed by atoms with van der Waals surface area (Å²) in [6.07, 6.45) is 0. The van der Waals surface area contributed by atoms with Gasteiger partial charge in [-0.2, -0.15) is 4.98 Å². The minimum absolute atomic E-state index is 0.137. The van der Waals surface area contributed by atoms with Gasteiger partial charge in [0, 0.05) is 17.0 Å². The number of benzene rings is 2. The third-order valence-corrected chi connectivity index (χ3v) is 4.68. The van der Waals surface area contributed by atoms with Gasteiger partial charge >= 0.3 is 0 Å². The molecule has 0 unspecified atom stereocenters. The van der Waals surface area contributed by atoms with Crippen LogP contribution in [0.15, 0.2) is 69.4 Å². The van der Waals surface area contributed by atoms with Gasteiger partial charge in [-0.1, -0.05) is 30.3 Å². The molecule has 0 aliphatic carbocycles. The Morgan fingerprint density at radius 3 is 2.62 bits per heavy atom. The summed E-state index contributed by atoms with van der Waals surface area (Å²) in [7, 11) is 0. The Morgan fingerprint density at radius 1 is 1.17 bits per heavy atom.